The molecule has 1 N–H and O–H groups in total. The second kappa shape index (κ2) is 3.37. The highest BCUT2D eigenvalue weighted by Crippen LogP contribution is 2.17. The monoisotopic (exact) mass is 152 g/mol. The molecular weight excluding hydrogens is 142 g/mol. The molecule has 0 aliphatic rings. The van der Waals surface area contributed by atoms with Gasteiger partial charge < -0.3 is 15.4 Å². The number of hydrogen-bond donors (Lipinski definition) is 1. The van der Waals surface area contributed by atoms with Gasteiger partial charge in [0.1, 0.15) is 0 Å². The van der Waals surface area contributed by atoms with Gasteiger partial charge >= 0.3 is 0 Å². The summed E-state index contributed by atoms with van der Waals surface area (Å²) in [6.45, 7) is -0.0945. The van der Waals surface area contributed by atoms with E-state index in [4.69, 9.17) is 5.11 Å². The van der Waals surface area contributed by atoms with E-state index >= 15 is 0 Å². The van der Waals surface area contributed by atoms with E-state index in [1.807, 2.05) is 0 Å². The summed E-state index contributed by atoms with van der Waals surface area (Å²) < 4.78 is 0. The fourth-order valence-electron chi connectivity index (χ4n) is 0.952. The third-order valence-electron chi connectivity index (χ3n) is 1.50. The van der Waals surface area contributed by atoms with Crippen LogP contribution in [0.3, 0.4) is 0 Å². The van der Waals surface area contributed by atoms with Gasteiger partial charge in [0.25, 0.3) is 0 Å². The lowest BCUT2D eigenvalue weighted by Gasteiger charge is -2.26. The number of hydrogen-bond acceptors (Lipinski definition) is 3. The smallest absolute Gasteiger partial charge is 0.0701 e. The zero-order chi connectivity index (χ0) is 8.27. The number of hydroxylamine groups is 1. The van der Waals surface area contributed by atoms with Gasteiger partial charge in [-0.15, -0.1) is 0 Å². The maximum absolute atomic E-state index is 10.8. The van der Waals surface area contributed by atoms with Crippen molar-refractivity contribution >= 4 is 5.69 Å². The minimum absolute atomic E-state index is 0.0945. The van der Waals surface area contributed by atoms with Crippen LogP contribution in [0.2, 0.25) is 0 Å². The molecule has 0 aliphatic heterocycles. The summed E-state index contributed by atoms with van der Waals surface area (Å²) in [6, 6.07) is 6.96. The van der Waals surface area contributed by atoms with E-state index in [1.54, 1.807) is 24.3 Å². The highest BCUT2D eigenvalue weighted by atomic mass is 16.5. The molecule has 0 unspecified atom stereocenters. The maximum Gasteiger partial charge on any atom is 0.0701 e. The number of rotatable bonds is 2. The number of aliphatic hydroxyl groups excluding tert-OH is 1. The van der Waals surface area contributed by atoms with Crippen LogP contribution in [0.1, 0.15) is 5.56 Å². The van der Waals surface area contributed by atoms with Gasteiger partial charge in [0.05, 0.1) is 6.61 Å². The fraction of sp³-hybridized carbons (Fsp3) is 0.250. The van der Waals surface area contributed by atoms with Crippen LogP contribution in [-0.2, 0) is 6.61 Å². The average Bonchev–Trinajstić information content (AvgIpc) is 2.04. The zero-order valence-corrected chi connectivity index (χ0v) is 6.32. The fourth-order valence-corrected chi connectivity index (χ4v) is 0.952. The third-order valence-corrected chi connectivity index (χ3v) is 1.50. The summed E-state index contributed by atoms with van der Waals surface area (Å²) in [4.78, 5) is 0. The van der Waals surface area contributed by atoms with Crippen LogP contribution in [0.25, 0.3) is 0 Å². The molecular formula is C8H10NO2-. The summed E-state index contributed by atoms with van der Waals surface area (Å²) >= 11 is 0. The summed E-state index contributed by atoms with van der Waals surface area (Å²) in [6.07, 6.45) is 0. The van der Waals surface area contributed by atoms with E-state index in [-0.39, 0.29) is 6.61 Å². The standard InChI is InChI=1S/C8H10NO2/c1-9(11)8-5-3-2-4-7(8)6-10/h2-5,10H,6H2,1H3/q-1. The Morgan fingerprint density at radius 1 is 1.45 bits per heavy atom. The Morgan fingerprint density at radius 2 is 2.09 bits per heavy atom. The van der Waals surface area contributed by atoms with Crippen LogP contribution in [0.5, 0.6) is 0 Å². The van der Waals surface area contributed by atoms with E-state index in [0.717, 1.165) is 5.06 Å². The van der Waals surface area contributed by atoms with Crippen molar-refractivity contribution < 1.29 is 5.11 Å². The summed E-state index contributed by atoms with van der Waals surface area (Å²) in [5.41, 5.74) is 1.18. The molecule has 0 fully saturated rings. The lowest BCUT2D eigenvalue weighted by atomic mass is 10.2. The minimum atomic E-state index is -0.0945. The first-order chi connectivity index (χ1) is 5.25. The van der Waals surface area contributed by atoms with Crippen LogP contribution >= 0.6 is 0 Å². The summed E-state index contributed by atoms with van der Waals surface area (Å²) in [7, 11) is 1.41. The molecule has 0 heterocycles. The minimum Gasteiger partial charge on any atom is -0.758 e. The Hall–Kier alpha value is -1.06. The molecule has 60 valence electrons. The Bertz CT molecular complexity index is 235. The van der Waals surface area contributed by atoms with E-state index in [1.165, 1.54) is 7.05 Å². The highest BCUT2D eigenvalue weighted by molar-refractivity contribution is 5.53. The van der Waals surface area contributed by atoms with Crippen molar-refractivity contribution in [2.45, 2.75) is 6.61 Å². The van der Waals surface area contributed by atoms with Gasteiger partial charge in [-0.3, -0.25) is 0 Å². The zero-order valence-electron chi connectivity index (χ0n) is 6.32. The Labute approximate surface area is 65.5 Å². The average molecular weight is 152 g/mol. The van der Waals surface area contributed by atoms with Gasteiger partial charge in [0.15, 0.2) is 0 Å². The van der Waals surface area contributed by atoms with E-state index in [9.17, 15) is 5.21 Å². The number of nitrogens with zero attached hydrogens (tertiary/aromatic N) is 1. The Balaban J connectivity index is 3.02. The molecule has 0 aliphatic carbocycles. The van der Waals surface area contributed by atoms with E-state index in [0.29, 0.717) is 11.3 Å². The number of para-hydroxylation sites is 1. The number of benzene rings is 1. The van der Waals surface area contributed by atoms with Crippen LogP contribution in [0.4, 0.5) is 5.69 Å². The molecule has 1 aromatic rings. The van der Waals surface area contributed by atoms with Crippen LogP contribution in [-0.4, -0.2) is 12.2 Å². The van der Waals surface area contributed by atoms with E-state index < -0.39 is 0 Å². The van der Waals surface area contributed by atoms with Crippen molar-refractivity contribution in [3.63, 3.8) is 0 Å². The Morgan fingerprint density at radius 3 is 2.55 bits per heavy atom. The van der Waals surface area contributed by atoms with Gasteiger partial charge in [-0.1, -0.05) is 18.2 Å². The van der Waals surface area contributed by atoms with Gasteiger partial charge in [-0.25, -0.2) is 0 Å². The lowest BCUT2D eigenvalue weighted by molar-refractivity contribution is 0.282. The normalized spacial score (nSPS) is 9.73. The molecule has 0 bridgehead atoms. The van der Waals surface area contributed by atoms with E-state index in [2.05, 4.69) is 0 Å². The number of anilines is 1. The van der Waals surface area contributed by atoms with Crippen molar-refractivity contribution in [3.8, 4) is 0 Å². The summed E-state index contributed by atoms with van der Waals surface area (Å²) in [5, 5.41) is 20.4. The Kier molecular flexibility index (Phi) is 2.46. The molecule has 0 aromatic heterocycles. The largest absolute Gasteiger partial charge is 0.758 e. The topological polar surface area (TPSA) is 46.5 Å². The van der Waals surface area contributed by atoms with Crippen molar-refractivity contribution in [2.24, 2.45) is 0 Å². The molecule has 1 aromatic carbocycles. The highest BCUT2D eigenvalue weighted by Gasteiger charge is 1.97. The van der Waals surface area contributed by atoms with Gasteiger partial charge in [-0.2, -0.15) is 0 Å². The predicted molar refractivity (Wildman–Crippen MR) is 44.1 cm³/mol. The summed E-state index contributed by atoms with van der Waals surface area (Å²) in [5.74, 6) is 0. The molecule has 0 atom stereocenters. The van der Waals surface area contributed by atoms with Crippen LogP contribution in [0.15, 0.2) is 24.3 Å². The molecule has 3 heteroatoms. The second-order valence-electron chi connectivity index (χ2n) is 2.28. The SMILES string of the molecule is CN([O-])c1ccccc1CO. The third kappa shape index (κ3) is 1.69. The van der Waals surface area contributed by atoms with Crippen molar-refractivity contribution in [2.75, 3.05) is 12.1 Å². The number of aliphatic hydroxyl groups is 1. The van der Waals surface area contributed by atoms with Crippen molar-refractivity contribution in [1.82, 2.24) is 0 Å². The molecule has 0 radical (unpaired) electrons. The van der Waals surface area contributed by atoms with Gasteiger partial charge in [-0.05, 0) is 18.7 Å². The molecule has 0 amide bonds. The molecule has 11 heavy (non-hydrogen) atoms. The lowest BCUT2D eigenvalue weighted by Crippen LogP contribution is -2.08. The predicted octanol–water partition coefficient (Wildman–Crippen LogP) is 1.11. The van der Waals surface area contributed by atoms with Crippen molar-refractivity contribution in [1.29, 1.82) is 0 Å². The van der Waals surface area contributed by atoms with Crippen LogP contribution < -0.4 is 5.06 Å². The first kappa shape index (κ1) is 8.04. The first-order valence-corrected chi connectivity index (χ1v) is 3.35. The molecule has 0 saturated carbocycles. The van der Waals surface area contributed by atoms with Gasteiger partial charge in [0, 0.05) is 5.69 Å². The van der Waals surface area contributed by atoms with Crippen molar-refractivity contribution in [3.05, 3.63) is 35.0 Å². The quantitative estimate of drug-likeness (QED) is 0.646. The molecule has 3 nitrogen and oxygen atoms in total. The van der Waals surface area contributed by atoms with Gasteiger partial charge in [0.2, 0.25) is 0 Å². The van der Waals surface area contributed by atoms with Crippen LogP contribution in [0, 0.1) is 5.21 Å². The second-order valence-corrected chi connectivity index (χ2v) is 2.28. The molecule has 0 spiro atoms. The molecule has 0 saturated heterocycles. The first-order valence-electron chi connectivity index (χ1n) is 3.35. The molecule has 1 rings (SSSR count). The maximum atomic E-state index is 10.8.